The highest BCUT2D eigenvalue weighted by atomic mass is 19.1. The van der Waals surface area contributed by atoms with E-state index in [-0.39, 0.29) is 11.3 Å². The molecule has 0 atom stereocenters. The van der Waals surface area contributed by atoms with Crippen LogP contribution < -0.4 is 11.4 Å². The third-order valence-corrected chi connectivity index (χ3v) is 2.36. The van der Waals surface area contributed by atoms with Crippen LogP contribution in [0.2, 0.25) is 0 Å². The van der Waals surface area contributed by atoms with Gasteiger partial charge in [-0.2, -0.15) is 5.10 Å². The van der Waals surface area contributed by atoms with Crippen molar-refractivity contribution in [3.05, 3.63) is 46.0 Å². The van der Waals surface area contributed by atoms with Gasteiger partial charge >= 0.3 is 0 Å². The molecule has 0 aliphatic carbocycles. The molecule has 0 spiro atoms. The molecule has 86 valence electrons. The van der Waals surface area contributed by atoms with Crippen molar-refractivity contribution in [2.45, 2.75) is 0 Å². The number of pyridine rings is 1. The van der Waals surface area contributed by atoms with Crippen LogP contribution in [0.1, 0.15) is 5.56 Å². The van der Waals surface area contributed by atoms with E-state index in [9.17, 15) is 9.18 Å². The van der Waals surface area contributed by atoms with Crippen LogP contribution >= 0.6 is 0 Å². The molecule has 0 amide bonds. The van der Waals surface area contributed by atoms with E-state index < -0.39 is 11.4 Å². The molecule has 17 heavy (non-hydrogen) atoms. The number of nitrogens with two attached hydrogens (primary N) is 1. The lowest BCUT2D eigenvalue weighted by Crippen LogP contribution is -2.20. The van der Waals surface area contributed by atoms with Gasteiger partial charge in [-0.3, -0.25) is 4.79 Å². The number of hydrazone groups is 1. The number of nitrogens with one attached hydrogen (secondary N) is 2. The van der Waals surface area contributed by atoms with E-state index in [1.807, 2.05) is 0 Å². The van der Waals surface area contributed by atoms with Crippen LogP contribution in [-0.2, 0) is 0 Å². The summed E-state index contributed by atoms with van der Waals surface area (Å²) in [7, 11) is 0. The SMILES string of the molecule is N=CC(=NN)c1cc2ccc(F)cc2[nH]c1=O. The standard InChI is InChI=1S/C11H9FN4O/c12-7-2-1-6-3-8(10(5-13)16-14)11(17)15-9(6)4-7/h1-5,13H,14H2,(H,15,17). The average molecular weight is 232 g/mol. The minimum absolute atomic E-state index is 0.0671. The number of nitrogens with zero attached hydrogens (tertiary/aromatic N) is 1. The molecule has 5 nitrogen and oxygen atoms in total. The van der Waals surface area contributed by atoms with Gasteiger partial charge in [-0.1, -0.05) is 0 Å². The molecule has 0 saturated carbocycles. The zero-order chi connectivity index (χ0) is 12.4. The summed E-state index contributed by atoms with van der Waals surface area (Å²) in [6.45, 7) is 0. The Morgan fingerprint density at radius 3 is 2.88 bits per heavy atom. The summed E-state index contributed by atoms with van der Waals surface area (Å²) >= 11 is 0. The third-order valence-electron chi connectivity index (χ3n) is 2.36. The number of aromatic amines is 1. The number of benzene rings is 1. The van der Waals surface area contributed by atoms with E-state index in [4.69, 9.17) is 11.3 Å². The maximum Gasteiger partial charge on any atom is 0.258 e. The quantitative estimate of drug-likeness (QED) is 0.409. The molecule has 1 heterocycles. The van der Waals surface area contributed by atoms with Gasteiger partial charge in [0.25, 0.3) is 5.56 Å². The lowest BCUT2D eigenvalue weighted by Gasteiger charge is -2.02. The predicted molar refractivity (Wildman–Crippen MR) is 64.0 cm³/mol. The zero-order valence-electron chi connectivity index (χ0n) is 8.70. The van der Waals surface area contributed by atoms with Gasteiger partial charge in [0.05, 0.1) is 11.1 Å². The van der Waals surface area contributed by atoms with E-state index in [2.05, 4.69) is 10.1 Å². The van der Waals surface area contributed by atoms with Crippen LogP contribution in [-0.4, -0.2) is 16.9 Å². The fourth-order valence-corrected chi connectivity index (χ4v) is 1.55. The van der Waals surface area contributed by atoms with Gasteiger partial charge in [-0.25, -0.2) is 4.39 Å². The Labute approximate surface area is 95.3 Å². The Morgan fingerprint density at radius 1 is 1.47 bits per heavy atom. The molecule has 0 radical (unpaired) electrons. The topological polar surface area (TPSA) is 95.1 Å². The van der Waals surface area contributed by atoms with Crippen LogP contribution in [0, 0.1) is 11.2 Å². The lowest BCUT2D eigenvalue weighted by molar-refractivity contribution is 0.629. The summed E-state index contributed by atoms with van der Waals surface area (Å²) in [4.78, 5) is 14.2. The van der Waals surface area contributed by atoms with Gasteiger partial charge in [0.15, 0.2) is 0 Å². The molecule has 0 unspecified atom stereocenters. The molecule has 2 aromatic rings. The average Bonchev–Trinajstić information content (AvgIpc) is 2.31. The van der Waals surface area contributed by atoms with Gasteiger partial charge < -0.3 is 16.2 Å². The molecule has 1 aromatic carbocycles. The first-order chi connectivity index (χ1) is 8.15. The smallest absolute Gasteiger partial charge is 0.258 e. The first-order valence-electron chi connectivity index (χ1n) is 4.77. The first kappa shape index (κ1) is 11.0. The molecule has 0 bridgehead atoms. The summed E-state index contributed by atoms with van der Waals surface area (Å²) in [6, 6.07) is 5.56. The summed E-state index contributed by atoms with van der Waals surface area (Å²) in [5, 5.41) is 11.1. The van der Waals surface area contributed by atoms with E-state index in [1.165, 1.54) is 24.3 Å². The van der Waals surface area contributed by atoms with Crippen LogP contribution in [0.5, 0.6) is 0 Å². The van der Waals surface area contributed by atoms with Crippen molar-refractivity contribution in [3.63, 3.8) is 0 Å². The minimum Gasteiger partial charge on any atom is -0.323 e. The monoisotopic (exact) mass is 232 g/mol. The van der Waals surface area contributed by atoms with Crippen molar-refractivity contribution in [1.29, 1.82) is 5.41 Å². The fourth-order valence-electron chi connectivity index (χ4n) is 1.55. The molecule has 0 aliphatic rings. The largest absolute Gasteiger partial charge is 0.323 e. The highest BCUT2D eigenvalue weighted by Crippen LogP contribution is 2.12. The number of aromatic nitrogens is 1. The van der Waals surface area contributed by atoms with Crippen LogP contribution in [0.4, 0.5) is 4.39 Å². The Balaban J connectivity index is 2.76. The molecular formula is C11H9FN4O. The summed E-state index contributed by atoms with van der Waals surface area (Å²) in [5.74, 6) is 4.65. The van der Waals surface area contributed by atoms with Gasteiger partial charge in [-0.15, -0.1) is 0 Å². The molecule has 1 aromatic heterocycles. The Kier molecular flexibility index (Phi) is 2.70. The van der Waals surface area contributed by atoms with Crippen molar-refractivity contribution < 1.29 is 4.39 Å². The molecule has 0 aliphatic heterocycles. The maximum absolute atomic E-state index is 13.0. The highest BCUT2D eigenvalue weighted by Gasteiger charge is 2.08. The zero-order valence-corrected chi connectivity index (χ0v) is 8.70. The predicted octanol–water partition coefficient (Wildman–Crippen LogP) is 0.980. The number of rotatable bonds is 2. The van der Waals surface area contributed by atoms with Gasteiger partial charge in [-0.05, 0) is 29.7 Å². The van der Waals surface area contributed by atoms with E-state index in [1.54, 1.807) is 0 Å². The Morgan fingerprint density at radius 2 is 2.24 bits per heavy atom. The van der Waals surface area contributed by atoms with Crippen molar-refractivity contribution in [1.82, 2.24) is 4.98 Å². The number of H-pyrrole nitrogens is 1. The molecule has 6 heteroatoms. The first-order valence-corrected chi connectivity index (χ1v) is 4.77. The highest BCUT2D eigenvalue weighted by molar-refractivity contribution is 6.37. The second-order valence-corrected chi connectivity index (χ2v) is 3.40. The van der Waals surface area contributed by atoms with E-state index in [0.717, 1.165) is 6.21 Å². The normalized spacial score (nSPS) is 11.7. The summed E-state index contributed by atoms with van der Waals surface area (Å²) in [5.41, 5.74) is 0.176. The Hall–Kier alpha value is -2.50. The van der Waals surface area contributed by atoms with Crippen molar-refractivity contribution in [2.75, 3.05) is 0 Å². The minimum atomic E-state index is -0.462. The number of hydrogen-bond acceptors (Lipinski definition) is 4. The van der Waals surface area contributed by atoms with E-state index in [0.29, 0.717) is 10.9 Å². The van der Waals surface area contributed by atoms with Crippen LogP contribution in [0.3, 0.4) is 0 Å². The van der Waals surface area contributed by atoms with Gasteiger partial charge in [0, 0.05) is 6.21 Å². The summed E-state index contributed by atoms with van der Waals surface area (Å²) in [6.07, 6.45) is 0.889. The second-order valence-electron chi connectivity index (χ2n) is 3.40. The molecule has 0 saturated heterocycles. The summed E-state index contributed by atoms with van der Waals surface area (Å²) < 4.78 is 13.0. The third kappa shape index (κ3) is 1.92. The molecule has 2 rings (SSSR count). The second kappa shape index (κ2) is 4.17. The maximum atomic E-state index is 13.0. The van der Waals surface area contributed by atoms with Crippen LogP contribution in [0.25, 0.3) is 10.9 Å². The van der Waals surface area contributed by atoms with Crippen molar-refractivity contribution in [3.8, 4) is 0 Å². The lowest BCUT2D eigenvalue weighted by atomic mass is 10.1. The van der Waals surface area contributed by atoms with Gasteiger partial charge in [0.2, 0.25) is 0 Å². The number of hydrogen-bond donors (Lipinski definition) is 3. The van der Waals surface area contributed by atoms with Crippen molar-refractivity contribution >= 4 is 22.8 Å². The number of halogens is 1. The Bertz CT molecular complexity index is 675. The molecule has 4 N–H and O–H groups in total. The fraction of sp³-hybridized carbons (Fsp3) is 0. The van der Waals surface area contributed by atoms with Crippen LogP contribution in [0.15, 0.2) is 34.2 Å². The number of fused-ring (bicyclic) bond motifs is 1. The molecule has 0 fully saturated rings. The van der Waals surface area contributed by atoms with Crippen molar-refractivity contribution in [2.24, 2.45) is 10.9 Å². The van der Waals surface area contributed by atoms with Gasteiger partial charge in [0.1, 0.15) is 11.5 Å². The molecular weight excluding hydrogens is 223 g/mol. The van der Waals surface area contributed by atoms with E-state index >= 15 is 0 Å².